The zero-order valence-corrected chi connectivity index (χ0v) is 15.7. The molecule has 0 radical (unpaired) electrons. The first kappa shape index (κ1) is 19.6. The maximum atomic E-state index is 12.7. The van der Waals surface area contributed by atoms with Gasteiger partial charge in [0.25, 0.3) is 5.91 Å². The van der Waals surface area contributed by atoms with Gasteiger partial charge in [-0.05, 0) is 37.5 Å². The zero-order chi connectivity index (χ0) is 17.1. The van der Waals surface area contributed by atoms with Gasteiger partial charge in [-0.2, -0.15) is 0 Å². The Kier molecular flexibility index (Phi) is 6.71. The van der Waals surface area contributed by atoms with E-state index in [1.165, 1.54) is 19.3 Å². The Morgan fingerprint density at radius 3 is 2.24 bits per heavy atom. The van der Waals surface area contributed by atoms with Gasteiger partial charge in [0.05, 0.1) is 0 Å². The second-order valence-electron chi connectivity index (χ2n) is 7.03. The number of nitrogens with two attached hydrogens (primary N) is 1. The number of hydrogen-bond donors (Lipinski definition) is 1. The summed E-state index contributed by atoms with van der Waals surface area (Å²) in [7, 11) is 0. The van der Waals surface area contributed by atoms with Crippen LogP contribution in [0.3, 0.4) is 0 Å². The minimum atomic E-state index is 0. The highest BCUT2D eigenvalue weighted by Gasteiger charge is 2.30. The van der Waals surface area contributed by atoms with Gasteiger partial charge >= 0.3 is 0 Å². The molecular formula is C19H28ClN3O2. The highest BCUT2D eigenvalue weighted by Crippen LogP contribution is 2.26. The third-order valence-electron chi connectivity index (χ3n) is 5.33. The maximum absolute atomic E-state index is 12.7. The standard InChI is InChI=1S/C19H27N3O2.ClH/c1-14-7-8-16(20)13-17(14)19(24)22-11-9-21(10-12-22)18(23)15-5-3-2-4-6-15;/h7-8,13,15H,2-6,9-12,20H2,1H3;1H. The number of amides is 2. The molecule has 138 valence electrons. The molecule has 1 heterocycles. The highest BCUT2D eigenvalue weighted by atomic mass is 35.5. The quantitative estimate of drug-likeness (QED) is 0.819. The van der Waals surface area contributed by atoms with Crippen molar-refractivity contribution < 1.29 is 9.59 Å². The summed E-state index contributed by atoms with van der Waals surface area (Å²) in [5.41, 5.74) is 8.03. The Labute approximate surface area is 155 Å². The molecule has 3 rings (SSSR count). The first-order valence-electron chi connectivity index (χ1n) is 9.00. The van der Waals surface area contributed by atoms with Gasteiger partial charge in [-0.25, -0.2) is 0 Å². The first-order valence-corrected chi connectivity index (χ1v) is 9.00. The van der Waals surface area contributed by atoms with Gasteiger partial charge in [0.15, 0.2) is 0 Å². The molecule has 0 aromatic heterocycles. The van der Waals surface area contributed by atoms with Crippen LogP contribution in [0.15, 0.2) is 18.2 Å². The van der Waals surface area contributed by atoms with E-state index in [2.05, 4.69) is 0 Å². The molecule has 1 aromatic carbocycles. The lowest BCUT2D eigenvalue weighted by Crippen LogP contribution is -2.52. The van der Waals surface area contributed by atoms with Crippen molar-refractivity contribution in [1.29, 1.82) is 0 Å². The van der Waals surface area contributed by atoms with Crippen molar-refractivity contribution >= 4 is 29.9 Å². The minimum Gasteiger partial charge on any atom is -0.399 e. The zero-order valence-electron chi connectivity index (χ0n) is 14.9. The Morgan fingerprint density at radius 1 is 1.00 bits per heavy atom. The number of carbonyl (C=O) groups is 2. The number of carbonyl (C=O) groups excluding carboxylic acids is 2. The summed E-state index contributed by atoms with van der Waals surface area (Å²) in [5, 5.41) is 0. The molecule has 1 saturated carbocycles. The highest BCUT2D eigenvalue weighted by molar-refractivity contribution is 5.96. The number of anilines is 1. The van der Waals surface area contributed by atoms with Crippen LogP contribution in [0.1, 0.15) is 48.0 Å². The van der Waals surface area contributed by atoms with Crippen molar-refractivity contribution in [2.24, 2.45) is 5.92 Å². The van der Waals surface area contributed by atoms with Crippen LogP contribution in [0.25, 0.3) is 0 Å². The predicted molar refractivity (Wildman–Crippen MR) is 102 cm³/mol. The lowest BCUT2D eigenvalue weighted by Gasteiger charge is -2.37. The molecule has 0 unspecified atom stereocenters. The van der Waals surface area contributed by atoms with Crippen LogP contribution in [0.2, 0.25) is 0 Å². The van der Waals surface area contributed by atoms with Crippen LogP contribution >= 0.6 is 12.4 Å². The van der Waals surface area contributed by atoms with Gasteiger partial charge in [0, 0.05) is 43.3 Å². The summed E-state index contributed by atoms with van der Waals surface area (Å²) >= 11 is 0. The smallest absolute Gasteiger partial charge is 0.254 e. The summed E-state index contributed by atoms with van der Waals surface area (Å²) in [4.78, 5) is 29.1. The van der Waals surface area contributed by atoms with Gasteiger partial charge in [0.1, 0.15) is 0 Å². The number of piperazine rings is 1. The summed E-state index contributed by atoms with van der Waals surface area (Å²) in [6.45, 7) is 4.41. The van der Waals surface area contributed by atoms with E-state index in [1.807, 2.05) is 28.9 Å². The Balaban J connectivity index is 0.00000225. The van der Waals surface area contributed by atoms with Crippen LogP contribution in [0, 0.1) is 12.8 Å². The second-order valence-corrected chi connectivity index (χ2v) is 7.03. The molecule has 5 nitrogen and oxygen atoms in total. The summed E-state index contributed by atoms with van der Waals surface area (Å²) in [5.74, 6) is 0.517. The first-order chi connectivity index (χ1) is 11.6. The monoisotopic (exact) mass is 365 g/mol. The van der Waals surface area contributed by atoms with E-state index < -0.39 is 0 Å². The van der Waals surface area contributed by atoms with Crippen molar-refractivity contribution in [3.63, 3.8) is 0 Å². The largest absolute Gasteiger partial charge is 0.399 e. The second kappa shape index (κ2) is 8.56. The molecular weight excluding hydrogens is 338 g/mol. The molecule has 2 amide bonds. The molecule has 2 fully saturated rings. The summed E-state index contributed by atoms with van der Waals surface area (Å²) in [6, 6.07) is 5.44. The molecule has 1 aromatic rings. The maximum Gasteiger partial charge on any atom is 0.254 e. The molecule has 0 bridgehead atoms. The summed E-state index contributed by atoms with van der Waals surface area (Å²) < 4.78 is 0. The van der Waals surface area contributed by atoms with Crippen molar-refractivity contribution in [1.82, 2.24) is 9.80 Å². The fourth-order valence-electron chi connectivity index (χ4n) is 3.78. The molecule has 1 aliphatic heterocycles. The summed E-state index contributed by atoms with van der Waals surface area (Å²) in [6.07, 6.45) is 5.65. The molecule has 0 atom stereocenters. The van der Waals surface area contributed by atoms with Crippen molar-refractivity contribution in [2.45, 2.75) is 39.0 Å². The van der Waals surface area contributed by atoms with Crippen LogP contribution < -0.4 is 5.73 Å². The molecule has 0 spiro atoms. The van der Waals surface area contributed by atoms with Crippen molar-refractivity contribution in [2.75, 3.05) is 31.9 Å². The molecule has 25 heavy (non-hydrogen) atoms. The minimum absolute atomic E-state index is 0. The van der Waals surface area contributed by atoms with E-state index >= 15 is 0 Å². The van der Waals surface area contributed by atoms with Gasteiger partial charge in [-0.3, -0.25) is 9.59 Å². The molecule has 1 aliphatic carbocycles. The van der Waals surface area contributed by atoms with E-state index in [0.717, 1.165) is 18.4 Å². The Morgan fingerprint density at radius 2 is 1.60 bits per heavy atom. The van der Waals surface area contributed by atoms with E-state index in [4.69, 9.17) is 5.73 Å². The lowest BCUT2D eigenvalue weighted by atomic mass is 9.88. The molecule has 1 saturated heterocycles. The van der Waals surface area contributed by atoms with E-state index in [0.29, 0.717) is 43.3 Å². The van der Waals surface area contributed by atoms with Crippen molar-refractivity contribution in [3.05, 3.63) is 29.3 Å². The third-order valence-corrected chi connectivity index (χ3v) is 5.33. The van der Waals surface area contributed by atoms with Crippen LogP contribution in [-0.2, 0) is 4.79 Å². The Hall–Kier alpha value is -1.75. The van der Waals surface area contributed by atoms with E-state index in [1.54, 1.807) is 6.07 Å². The molecule has 2 N–H and O–H groups in total. The van der Waals surface area contributed by atoms with Gasteiger partial charge in [-0.15, -0.1) is 12.4 Å². The van der Waals surface area contributed by atoms with Crippen LogP contribution in [-0.4, -0.2) is 47.8 Å². The number of rotatable bonds is 2. The number of nitrogen functional groups attached to an aromatic ring is 1. The van der Waals surface area contributed by atoms with E-state index in [-0.39, 0.29) is 24.2 Å². The normalized spacial score (nSPS) is 18.6. The van der Waals surface area contributed by atoms with Crippen molar-refractivity contribution in [3.8, 4) is 0 Å². The predicted octanol–water partition coefficient (Wildman–Crippen LogP) is 2.86. The van der Waals surface area contributed by atoms with Crippen LogP contribution in [0.5, 0.6) is 0 Å². The number of aryl methyl sites for hydroxylation is 1. The fourth-order valence-corrected chi connectivity index (χ4v) is 3.78. The number of benzene rings is 1. The van der Waals surface area contributed by atoms with Gasteiger partial charge in [0.2, 0.25) is 5.91 Å². The lowest BCUT2D eigenvalue weighted by molar-refractivity contribution is -0.138. The molecule has 2 aliphatic rings. The number of hydrogen-bond acceptors (Lipinski definition) is 3. The number of nitrogens with zero attached hydrogens (tertiary/aromatic N) is 2. The SMILES string of the molecule is Cc1ccc(N)cc1C(=O)N1CCN(C(=O)C2CCCCC2)CC1.Cl. The number of halogens is 1. The Bertz CT molecular complexity index is 621. The van der Waals surface area contributed by atoms with Gasteiger partial charge < -0.3 is 15.5 Å². The third kappa shape index (κ3) is 4.46. The molecule has 6 heteroatoms. The average molecular weight is 366 g/mol. The van der Waals surface area contributed by atoms with E-state index in [9.17, 15) is 9.59 Å². The fraction of sp³-hybridized carbons (Fsp3) is 0.579. The topological polar surface area (TPSA) is 66.6 Å². The average Bonchev–Trinajstić information content (AvgIpc) is 2.63. The van der Waals surface area contributed by atoms with Crippen LogP contribution in [0.4, 0.5) is 5.69 Å². The van der Waals surface area contributed by atoms with Gasteiger partial charge in [-0.1, -0.05) is 25.3 Å².